The summed E-state index contributed by atoms with van der Waals surface area (Å²) in [4.78, 5) is 12.1. The average Bonchev–Trinajstić information content (AvgIpc) is 2.66. The lowest BCUT2D eigenvalue weighted by Crippen LogP contribution is -2.22. The van der Waals surface area contributed by atoms with Crippen molar-refractivity contribution in [2.45, 2.75) is 17.9 Å². The zero-order valence-electron chi connectivity index (χ0n) is 15.7. The van der Waals surface area contributed by atoms with Gasteiger partial charge in [-0.05, 0) is 36.3 Å². The van der Waals surface area contributed by atoms with Gasteiger partial charge in [-0.15, -0.1) is 0 Å². The molecule has 0 aliphatic rings. The molecule has 6 nitrogen and oxygen atoms in total. The molecule has 2 rings (SSSR count). The van der Waals surface area contributed by atoms with Crippen LogP contribution in [0.3, 0.4) is 0 Å². The van der Waals surface area contributed by atoms with Crippen molar-refractivity contribution in [3.05, 3.63) is 65.7 Å². The standard InChI is InChI=1S/C20H23NO5S/c1-15(17-8-6-5-7-9-17)26-20(22)13-11-16-10-12-18(25-4)19(14-16)27(23,24)21(2)3/h5-15H,1-4H3/b13-11+/t15-/m0/s1. The Hall–Kier alpha value is -2.64. The van der Waals surface area contributed by atoms with E-state index < -0.39 is 16.0 Å². The molecule has 0 unspecified atom stereocenters. The van der Waals surface area contributed by atoms with Crippen LogP contribution in [0.2, 0.25) is 0 Å². The van der Waals surface area contributed by atoms with E-state index in [1.165, 1.54) is 39.4 Å². The van der Waals surface area contributed by atoms with E-state index in [0.717, 1.165) is 9.87 Å². The minimum atomic E-state index is -3.68. The highest BCUT2D eigenvalue weighted by Gasteiger charge is 2.22. The maximum atomic E-state index is 12.4. The van der Waals surface area contributed by atoms with Gasteiger partial charge in [0.05, 0.1) is 7.11 Å². The van der Waals surface area contributed by atoms with Crippen molar-refractivity contribution in [3.8, 4) is 5.75 Å². The molecule has 7 heteroatoms. The Bertz CT molecular complexity index is 921. The van der Waals surface area contributed by atoms with Crippen molar-refractivity contribution >= 4 is 22.1 Å². The molecule has 0 amide bonds. The number of methoxy groups -OCH3 is 1. The van der Waals surface area contributed by atoms with E-state index in [9.17, 15) is 13.2 Å². The van der Waals surface area contributed by atoms with Crippen LogP contribution in [0.4, 0.5) is 0 Å². The summed E-state index contributed by atoms with van der Waals surface area (Å²) in [7, 11) is 0.615. The SMILES string of the molecule is COc1ccc(/C=C/C(=O)O[C@@H](C)c2ccccc2)cc1S(=O)(=O)N(C)C. The third kappa shape index (κ3) is 5.18. The summed E-state index contributed by atoms with van der Waals surface area (Å²) >= 11 is 0. The third-order valence-electron chi connectivity index (χ3n) is 3.92. The zero-order chi connectivity index (χ0) is 20.0. The number of ether oxygens (including phenoxy) is 2. The lowest BCUT2D eigenvalue weighted by molar-refractivity contribution is -0.142. The number of benzene rings is 2. The van der Waals surface area contributed by atoms with Crippen LogP contribution in [0.1, 0.15) is 24.2 Å². The van der Waals surface area contributed by atoms with Crippen molar-refractivity contribution < 1.29 is 22.7 Å². The smallest absolute Gasteiger partial charge is 0.331 e. The van der Waals surface area contributed by atoms with Gasteiger partial charge in [-0.3, -0.25) is 0 Å². The van der Waals surface area contributed by atoms with Crippen molar-refractivity contribution in [3.63, 3.8) is 0 Å². The fourth-order valence-corrected chi connectivity index (χ4v) is 3.45. The van der Waals surface area contributed by atoms with E-state index in [1.807, 2.05) is 30.3 Å². The van der Waals surface area contributed by atoms with Crippen LogP contribution in [-0.2, 0) is 19.6 Å². The molecule has 0 fully saturated rings. The molecule has 0 aromatic heterocycles. The van der Waals surface area contributed by atoms with Gasteiger partial charge >= 0.3 is 5.97 Å². The van der Waals surface area contributed by atoms with Gasteiger partial charge < -0.3 is 9.47 Å². The second kappa shape index (κ2) is 8.83. The van der Waals surface area contributed by atoms with Crippen molar-refractivity contribution in [1.82, 2.24) is 4.31 Å². The van der Waals surface area contributed by atoms with Crippen molar-refractivity contribution in [2.75, 3.05) is 21.2 Å². The highest BCUT2D eigenvalue weighted by atomic mass is 32.2. The molecule has 1 atom stereocenters. The number of esters is 1. The molecule has 144 valence electrons. The molecular formula is C20H23NO5S. The van der Waals surface area contributed by atoms with E-state index in [4.69, 9.17) is 9.47 Å². The minimum absolute atomic E-state index is 0.0307. The fourth-order valence-electron chi connectivity index (χ4n) is 2.37. The summed E-state index contributed by atoms with van der Waals surface area (Å²) in [6.45, 7) is 1.79. The number of hydrogen-bond acceptors (Lipinski definition) is 5. The number of carbonyl (C=O) groups is 1. The van der Waals surface area contributed by atoms with Gasteiger partial charge in [-0.25, -0.2) is 17.5 Å². The molecule has 27 heavy (non-hydrogen) atoms. The monoisotopic (exact) mass is 389 g/mol. The Morgan fingerprint density at radius 3 is 2.37 bits per heavy atom. The molecular weight excluding hydrogens is 366 g/mol. The lowest BCUT2D eigenvalue weighted by Gasteiger charge is -2.15. The van der Waals surface area contributed by atoms with E-state index in [1.54, 1.807) is 19.1 Å². The molecule has 0 aliphatic heterocycles. The Balaban J connectivity index is 2.18. The fraction of sp³-hybridized carbons (Fsp3) is 0.250. The number of sulfonamides is 1. The largest absolute Gasteiger partial charge is 0.495 e. The van der Waals surface area contributed by atoms with Crippen LogP contribution in [-0.4, -0.2) is 39.9 Å². The van der Waals surface area contributed by atoms with E-state index >= 15 is 0 Å². The van der Waals surface area contributed by atoms with E-state index in [-0.39, 0.29) is 16.7 Å². The highest BCUT2D eigenvalue weighted by molar-refractivity contribution is 7.89. The maximum absolute atomic E-state index is 12.4. The van der Waals surface area contributed by atoms with Crippen molar-refractivity contribution in [1.29, 1.82) is 0 Å². The predicted octanol–water partition coefficient (Wildman–Crippen LogP) is 3.26. The molecule has 0 aliphatic carbocycles. The van der Waals surface area contributed by atoms with E-state index in [2.05, 4.69) is 0 Å². The molecule has 0 bridgehead atoms. The first kappa shape index (κ1) is 20.7. The van der Waals surface area contributed by atoms with Gasteiger partial charge in [0.25, 0.3) is 0 Å². The number of nitrogens with zero attached hydrogens (tertiary/aromatic N) is 1. The summed E-state index contributed by atoms with van der Waals surface area (Å²) in [5.74, 6) is -0.277. The van der Waals surface area contributed by atoms with Crippen LogP contribution in [0.5, 0.6) is 5.75 Å². The molecule has 0 radical (unpaired) electrons. The van der Waals surface area contributed by atoms with Crippen LogP contribution < -0.4 is 4.74 Å². The predicted molar refractivity (Wildman–Crippen MR) is 104 cm³/mol. The van der Waals surface area contributed by atoms with Crippen LogP contribution in [0.15, 0.2) is 59.5 Å². The average molecular weight is 389 g/mol. The lowest BCUT2D eigenvalue weighted by atomic mass is 10.1. The van der Waals surface area contributed by atoms with Crippen LogP contribution in [0, 0.1) is 0 Å². The second-order valence-electron chi connectivity index (χ2n) is 6.02. The molecule has 0 saturated heterocycles. The molecule has 0 saturated carbocycles. The molecule has 2 aromatic carbocycles. The molecule has 0 spiro atoms. The minimum Gasteiger partial charge on any atom is -0.495 e. The van der Waals surface area contributed by atoms with Gasteiger partial charge in [0.1, 0.15) is 16.7 Å². The first-order chi connectivity index (χ1) is 12.8. The normalized spacial score (nSPS) is 12.9. The number of rotatable bonds is 7. The molecule has 2 aromatic rings. The number of hydrogen-bond donors (Lipinski definition) is 0. The van der Waals surface area contributed by atoms with Gasteiger partial charge in [-0.1, -0.05) is 36.4 Å². The quantitative estimate of drug-likeness (QED) is 0.537. The van der Waals surface area contributed by atoms with Crippen LogP contribution in [0.25, 0.3) is 6.08 Å². The first-order valence-electron chi connectivity index (χ1n) is 8.30. The summed E-state index contributed by atoms with van der Waals surface area (Å²) in [5.41, 5.74) is 1.43. The highest BCUT2D eigenvalue weighted by Crippen LogP contribution is 2.27. The second-order valence-corrected chi connectivity index (χ2v) is 8.14. The summed E-state index contributed by atoms with van der Waals surface area (Å²) in [6, 6.07) is 14.1. The summed E-state index contributed by atoms with van der Waals surface area (Å²) in [5, 5.41) is 0. The molecule has 0 N–H and O–H groups in total. The summed E-state index contributed by atoms with van der Waals surface area (Å²) < 4.78 is 36.5. The van der Waals surface area contributed by atoms with Crippen LogP contribution >= 0.6 is 0 Å². The summed E-state index contributed by atoms with van der Waals surface area (Å²) in [6.07, 6.45) is 2.39. The topological polar surface area (TPSA) is 72.9 Å². The zero-order valence-corrected chi connectivity index (χ0v) is 16.6. The van der Waals surface area contributed by atoms with Crippen molar-refractivity contribution in [2.24, 2.45) is 0 Å². The van der Waals surface area contributed by atoms with Gasteiger partial charge in [0.2, 0.25) is 10.0 Å². The Morgan fingerprint density at radius 1 is 1.11 bits per heavy atom. The van der Waals surface area contributed by atoms with E-state index in [0.29, 0.717) is 5.56 Å². The Morgan fingerprint density at radius 2 is 1.78 bits per heavy atom. The Labute approximate surface area is 160 Å². The first-order valence-corrected chi connectivity index (χ1v) is 9.74. The van der Waals surface area contributed by atoms with Gasteiger partial charge in [0, 0.05) is 20.2 Å². The van der Waals surface area contributed by atoms with Gasteiger partial charge in [-0.2, -0.15) is 0 Å². The van der Waals surface area contributed by atoms with Gasteiger partial charge in [0.15, 0.2) is 0 Å². The number of carbonyl (C=O) groups excluding carboxylic acids is 1. The third-order valence-corrected chi connectivity index (χ3v) is 5.76. The molecule has 0 heterocycles. The maximum Gasteiger partial charge on any atom is 0.331 e. The Kier molecular flexibility index (Phi) is 6.76.